The number of carbonyl (C=O) groups excluding carboxylic acids is 1. The van der Waals surface area contributed by atoms with E-state index >= 15 is 0 Å². The van der Waals surface area contributed by atoms with E-state index in [1.165, 1.54) is 0 Å². The van der Waals surface area contributed by atoms with E-state index in [0.29, 0.717) is 30.2 Å². The zero-order chi connectivity index (χ0) is 17.0. The number of benzene rings is 1. The summed E-state index contributed by atoms with van der Waals surface area (Å²) in [6.07, 6.45) is 0. The minimum absolute atomic E-state index is 0. The lowest BCUT2D eigenvalue weighted by Gasteiger charge is -2.19. The number of aromatic nitrogens is 1. The molecule has 0 spiro atoms. The molecule has 6 nitrogen and oxygen atoms in total. The van der Waals surface area contributed by atoms with E-state index in [4.69, 9.17) is 15.0 Å². The first-order valence-electron chi connectivity index (χ1n) is 7.48. The van der Waals surface area contributed by atoms with Gasteiger partial charge in [0, 0.05) is 12.1 Å². The van der Waals surface area contributed by atoms with Crippen LogP contribution in [0, 0.1) is 13.8 Å². The van der Waals surface area contributed by atoms with Gasteiger partial charge in [0.15, 0.2) is 0 Å². The van der Waals surface area contributed by atoms with Crippen molar-refractivity contribution in [1.29, 1.82) is 0 Å². The molecule has 24 heavy (non-hydrogen) atoms. The molecule has 1 aromatic heterocycles. The molecule has 0 unspecified atom stereocenters. The molecule has 1 aromatic carbocycles. The summed E-state index contributed by atoms with van der Waals surface area (Å²) in [7, 11) is 0. The van der Waals surface area contributed by atoms with Gasteiger partial charge in [0.25, 0.3) is 5.91 Å². The van der Waals surface area contributed by atoms with Crippen LogP contribution in [0.15, 0.2) is 28.8 Å². The van der Waals surface area contributed by atoms with Gasteiger partial charge in [-0.15, -0.1) is 12.4 Å². The standard InChI is InChI=1S/C17H23N3O3.ClH/c1-11-14(12(2)23-20-11)9-22-15-8-6-5-7-13(15)16(21)19-10-17(3,4)18;/h5-8H,9-10,18H2,1-4H3,(H,19,21);1H. The number of nitrogens with two attached hydrogens (primary N) is 1. The number of halogens is 1. The third-order valence-electron chi connectivity index (χ3n) is 3.39. The topological polar surface area (TPSA) is 90.4 Å². The molecule has 0 atom stereocenters. The maximum Gasteiger partial charge on any atom is 0.255 e. The Morgan fingerprint density at radius 1 is 1.33 bits per heavy atom. The largest absolute Gasteiger partial charge is 0.488 e. The molecule has 0 radical (unpaired) electrons. The van der Waals surface area contributed by atoms with Crippen molar-refractivity contribution in [2.45, 2.75) is 39.8 Å². The number of hydrogen-bond donors (Lipinski definition) is 2. The summed E-state index contributed by atoms with van der Waals surface area (Å²) in [6.45, 7) is 8.08. The fourth-order valence-corrected chi connectivity index (χ4v) is 2.04. The van der Waals surface area contributed by atoms with Crippen molar-refractivity contribution in [2.24, 2.45) is 5.73 Å². The highest BCUT2D eigenvalue weighted by Gasteiger charge is 2.17. The molecular weight excluding hydrogens is 330 g/mol. The van der Waals surface area contributed by atoms with E-state index in [2.05, 4.69) is 10.5 Å². The predicted molar refractivity (Wildman–Crippen MR) is 94.6 cm³/mol. The molecular formula is C17H24ClN3O3. The third kappa shape index (κ3) is 5.25. The van der Waals surface area contributed by atoms with Crippen LogP contribution in [0.1, 0.15) is 41.2 Å². The van der Waals surface area contributed by atoms with Crippen molar-refractivity contribution < 1.29 is 14.1 Å². The molecule has 2 rings (SSSR count). The molecule has 0 saturated carbocycles. The van der Waals surface area contributed by atoms with Gasteiger partial charge in [0.1, 0.15) is 18.1 Å². The molecule has 1 amide bonds. The first kappa shape index (κ1) is 20.0. The van der Waals surface area contributed by atoms with Crippen LogP contribution in [0.25, 0.3) is 0 Å². The van der Waals surface area contributed by atoms with E-state index in [1.54, 1.807) is 18.2 Å². The van der Waals surface area contributed by atoms with Crippen LogP contribution in [0.3, 0.4) is 0 Å². The number of para-hydroxylation sites is 1. The van der Waals surface area contributed by atoms with Crippen molar-refractivity contribution in [2.75, 3.05) is 6.54 Å². The average Bonchev–Trinajstić information content (AvgIpc) is 2.81. The Hall–Kier alpha value is -2.05. The summed E-state index contributed by atoms with van der Waals surface area (Å²) in [4.78, 5) is 12.3. The average molecular weight is 354 g/mol. The Balaban J connectivity index is 0.00000288. The normalized spacial score (nSPS) is 10.9. The van der Waals surface area contributed by atoms with Crippen molar-refractivity contribution in [1.82, 2.24) is 10.5 Å². The lowest BCUT2D eigenvalue weighted by Crippen LogP contribution is -2.45. The summed E-state index contributed by atoms with van der Waals surface area (Å²) in [5.74, 6) is 1.02. The molecule has 0 aliphatic rings. The van der Waals surface area contributed by atoms with Gasteiger partial charge in [0.05, 0.1) is 16.8 Å². The quantitative estimate of drug-likeness (QED) is 0.833. The van der Waals surface area contributed by atoms with E-state index in [1.807, 2.05) is 33.8 Å². The van der Waals surface area contributed by atoms with Gasteiger partial charge >= 0.3 is 0 Å². The Bertz CT molecular complexity index is 673. The van der Waals surface area contributed by atoms with Gasteiger partial charge < -0.3 is 20.3 Å². The maximum atomic E-state index is 12.3. The van der Waals surface area contributed by atoms with Gasteiger partial charge in [-0.05, 0) is 39.8 Å². The highest BCUT2D eigenvalue weighted by molar-refractivity contribution is 5.96. The third-order valence-corrected chi connectivity index (χ3v) is 3.39. The molecule has 1 heterocycles. The van der Waals surface area contributed by atoms with E-state index in [9.17, 15) is 4.79 Å². The number of aryl methyl sites for hydroxylation is 2. The van der Waals surface area contributed by atoms with E-state index in [-0.39, 0.29) is 18.3 Å². The van der Waals surface area contributed by atoms with Crippen LogP contribution in [0.5, 0.6) is 5.75 Å². The van der Waals surface area contributed by atoms with Crippen LogP contribution in [0.2, 0.25) is 0 Å². The molecule has 3 N–H and O–H groups in total. The number of amides is 1. The molecule has 0 fully saturated rings. The molecule has 132 valence electrons. The minimum atomic E-state index is -0.470. The number of ether oxygens (including phenoxy) is 1. The van der Waals surface area contributed by atoms with Crippen molar-refractivity contribution in [3.8, 4) is 5.75 Å². The van der Waals surface area contributed by atoms with Crippen LogP contribution in [0.4, 0.5) is 0 Å². The lowest BCUT2D eigenvalue weighted by molar-refractivity contribution is 0.0941. The number of nitrogens with one attached hydrogen (secondary N) is 1. The smallest absolute Gasteiger partial charge is 0.255 e. The van der Waals surface area contributed by atoms with Gasteiger partial charge in [-0.2, -0.15) is 0 Å². The number of rotatable bonds is 6. The molecule has 0 aliphatic heterocycles. The van der Waals surface area contributed by atoms with E-state index < -0.39 is 5.54 Å². The zero-order valence-electron chi connectivity index (χ0n) is 14.4. The van der Waals surface area contributed by atoms with Crippen molar-refractivity contribution >= 4 is 18.3 Å². The second-order valence-electron chi connectivity index (χ2n) is 6.26. The summed E-state index contributed by atoms with van der Waals surface area (Å²) in [5.41, 5.74) is 7.58. The second-order valence-corrected chi connectivity index (χ2v) is 6.26. The first-order valence-corrected chi connectivity index (χ1v) is 7.48. The first-order chi connectivity index (χ1) is 10.8. The minimum Gasteiger partial charge on any atom is -0.488 e. The number of carbonyl (C=O) groups is 1. The maximum absolute atomic E-state index is 12.3. The zero-order valence-corrected chi connectivity index (χ0v) is 15.2. The molecule has 7 heteroatoms. The van der Waals surface area contributed by atoms with Crippen molar-refractivity contribution in [3.05, 3.63) is 46.8 Å². The van der Waals surface area contributed by atoms with Crippen molar-refractivity contribution in [3.63, 3.8) is 0 Å². The SMILES string of the molecule is Cc1noc(C)c1COc1ccccc1C(=O)NCC(C)(C)N.Cl. The molecule has 2 aromatic rings. The monoisotopic (exact) mass is 353 g/mol. The lowest BCUT2D eigenvalue weighted by atomic mass is 10.1. The Morgan fingerprint density at radius 3 is 2.58 bits per heavy atom. The van der Waals surface area contributed by atoms with Gasteiger partial charge in [-0.25, -0.2) is 0 Å². The van der Waals surface area contributed by atoms with Gasteiger partial charge in [-0.3, -0.25) is 4.79 Å². The van der Waals surface area contributed by atoms with Gasteiger partial charge in [0.2, 0.25) is 0 Å². The Kier molecular flexibility index (Phi) is 6.81. The fraction of sp³-hybridized carbons (Fsp3) is 0.412. The van der Waals surface area contributed by atoms with E-state index in [0.717, 1.165) is 11.3 Å². The molecule has 0 saturated heterocycles. The number of hydrogen-bond acceptors (Lipinski definition) is 5. The van der Waals surface area contributed by atoms with Crippen LogP contribution in [-0.2, 0) is 6.61 Å². The second kappa shape index (κ2) is 8.17. The molecule has 0 aliphatic carbocycles. The highest BCUT2D eigenvalue weighted by atomic mass is 35.5. The van der Waals surface area contributed by atoms with Crippen LogP contribution < -0.4 is 15.8 Å². The Morgan fingerprint density at radius 2 is 2.00 bits per heavy atom. The summed E-state index contributed by atoms with van der Waals surface area (Å²) < 4.78 is 10.9. The van der Waals surface area contributed by atoms with Crippen LogP contribution in [-0.4, -0.2) is 23.1 Å². The Labute approximate surface area is 148 Å². The molecule has 0 bridgehead atoms. The fourth-order valence-electron chi connectivity index (χ4n) is 2.04. The van der Waals surface area contributed by atoms with Crippen LogP contribution >= 0.6 is 12.4 Å². The summed E-state index contributed by atoms with van der Waals surface area (Å²) in [5, 5.41) is 6.71. The number of nitrogens with zero attached hydrogens (tertiary/aromatic N) is 1. The summed E-state index contributed by atoms with van der Waals surface area (Å²) in [6, 6.07) is 7.11. The van der Waals surface area contributed by atoms with Gasteiger partial charge in [-0.1, -0.05) is 17.3 Å². The predicted octanol–water partition coefficient (Wildman–Crippen LogP) is 2.76. The summed E-state index contributed by atoms with van der Waals surface area (Å²) >= 11 is 0. The highest BCUT2D eigenvalue weighted by Crippen LogP contribution is 2.21.